The molecule has 0 radical (unpaired) electrons. The molecule has 1 aromatic rings. The van der Waals surface area contributed by atoms with Crippen molar-refractivity contribution in [3.63, 3.8) is 0 Å². The first kappa shape index (κ1) is 16.6. The summed E-state index contributed by atoms with van der Waals surface area (Å²) < 4.78 is 0. The van der Waals surface area contributed by atoms with Gasteiger partial charge in [-0.1, -0.05) is 30.3 Å². The smallest absolute Gasteiger partial charge is 0.226 e. The van der Waals surface area contributed by atoms with E-state index in [-0.39, 0.29) is 43.2 Å². The zero-order valence-electron chi connectivity index (χ0n) is 12.5. The molecule has 2 rings (SSSR count). The van der Waals surface area contributed by atoms with Crippen LogP contribution in [-0.2, 0) is 9.59 Å². The van der Waals surface area contributed by atoms with Gasteiger partial charge in [0.2, 0.25) is 11.8 Å². The molecule has 3 atom stereocenters. The summed E-state index contributed by atoms with van der Waals surface area (Å²) in [5, 5.41) is 25.7. The highest BCUT2D eigenvalue weighted by atomic mass is 16.3. The molecule has 6 heteroatoms. The van der Waals surface area contributed by atoms with Crippen LogP contribution in [0.4, 0.5) is 0 Å². The van der Waals surface area contributed by atoms with E-state index in [2.05, 4.69) is 10.6 Å². The van der Waals surface area contributed by atoms with Crippen molar-refractivity contribution in [1.82, 2.24) is 10.6 Å². The van der Waals surface area contributed by atoms with Crippen molar-refractivity contribution in [1.29, 1.82) is 0 Å². The fourth-order valence-corrected chi connectivity index (χ4v) is 2.60. The fourth-order valence-electron chi connectivity index (χ4n) is 2.60. The first-order valence-corrected chi connectivity index (χ1v) is 7.44. The van der Waals surface area contributed by atoms with Gasteiger partial charge in [0.15, 0.2) is 0 Å². The zero-order chi connectivity index (χ0) is 16.1. The number of rotatable bonds is 6. The molecular weight excluding hydrogens is 284 g/mol. The van der Waals surface area contributed by atoms with E-state index in [1.165, 1.54) is 0 Å². The highest BCUT2D eigenvalue weighted by molar-refractivity contribution is 5.97. The summed E-state index contributed by atoms with van der Waals surface area (Å²) in [5.41, 5.74) is 0.796. The SMILES string of the molecule is CC(NCC(O)C1CC(=O)NC(=O)C1)C(O)c1ccccc1. The summed E-state index contributed by atoms with van der Waals surface area (Å²) in [6.07, 6.45) is -1.21. The summed E-state index contributed by atoms with van der Waals surface area (Å²) >= 11 is 0. The van der Waals surface area contributed by atoms with Crippen LogP contribution in [0.15, 0.2) is 30.3 Å². The molecule has 4 N–H and O–H groups in total. The van der Waals surface area contributed by atoms with Gasteiger partial charge in [-0.05, 0) is 12.5 Å². The number of hydrogen-bond acceptors (Lipinski definition) is 5. The largest absolute Gasteiger partial charge is 0.391 e. The van der Waals surface area contributed by atoms with Crippen LogP contribution in [0.25, 0.3) is 0 Å². The third-order valence-corrected chi connectivity index (χ3v) is 3.98. The van der Waals surface area contributed by atoms with Crippen molar-refractivity contribution in [2.45, 2.75) is 38.0 Å². The minimum Gasteiger partial charge on any atom is -0.391 e. The van der Waals surface area contributed by atoms with Gasteiger partial charge in [0.05, 0.1) is 12.2 Å². The van der Waals surface area contributed by atoms with Crippen LogP contribution in [0.3, 0.4) is 0 Å². The second-order valence-electron chi connectivity index (χ2n) is 5.76. The molecule has 0 aliphatic carbocycles. The lowest BCUT2D eigenvalue weighted by Crippen LogP contribution is -2.46. The molecule has 0 aromatic heterocycles. The quantitative estimate of drug-likeness (QED) is 0.559. The maximum Gasteiger partial charge on any atom is 0.226 e. The van der Waals surface area contributed by atoms with Gasteiger partial charge in [0.1, 0.15) is 0 Å². The Morgan fingerprint density at radius 1 is 1.18 bits per heavy atom. The average molecular weight is 306 g/mol. The Balaban J connectivity index is 1.84. The molecule has 2 amide bonds. The summed E-state index contributed by atoms with van der Waals surface area (Å²) in [6, 6.07) is 9.00. The first-order valence-electron chi connectivity index (χ1n) is 7.44. The average Bonchev–Trinajstić information content (AvgIpc) is 2.51. The standard InChI is InChI=1S/C16H22N2O4/c1-10(16(22)11-5-3-2-4-6-11)17-9-13(19)12-7-14(20)18-15(21)8-12/h2-6,10,12-13,16-17,19,22H,7-9H2,1H3,(H,18,20,21). The second kappa shape index (κ2) is 7.49. The van der Waals surface area contributed by atoms with Crippen LogP contribution in [-0.4, -0.2) is 40.7 Å². The maximum atomic E-state index is 11.3. The molecule has 1 saturated heterocycles. The maximum absolute atomic E-state index is 11.3. The van der Waals surface area contributed by atoms with Gasteiger partial charge < -0.3 is 15.5 Å². The summed E-state index contributed by atoms with van der Waals surface area (Å²) in [4.78, 5) is 22.6. The minimum absolute atomic E-state index is 0.143. The van der Waals surface area contributed by atoms with E-state index >= 15 is 0 Å². The van der Waals surface area contributed by atoms with Crippen molar-refractivity contribution in [2.24, 2.45) is 5.92 Å². The van der Waals surface area contributed by atoms with E-state index < -0.39 is 12.2 Å². The van der Waals surface area contributed by atoms with Gasteiger partial charge in [0.25, 0.3) is 0 Å². The number of amides is 2. The number of hydrogen-bond donors (Lipinski definition) is 4. The third kappa shape index (κ3) is 4.37. The van der Waals surface area contributed by atoms with E-state index in [9.17, 15) is 19.8 Å². The fraction of sp³-hybridized carbons (Fsp3) is 0.500. The summed E-state index contributed by atoms with van der Waals surface area (Å²) in [7, 11) is 0. The molecule has 0 spiro atoms. The Hall–Kier alpha value is -1.76. The van der Waals surface area contributed by atoms with Crippen molar-refractivity contribution in [3.05, 3.63) is 35.9 Å². The van der Waals surface area contributed by atoms with Crippen LogP contribution in [0.2, 0.25) is 0 Å². The van der Waals surface area contributed by atoms with Gasteiger partial charge >= 0.3 is 0 Å². The normalized spacial score (nSPS) is 20.3. The molecule has 6 nitrogen and oxygen atoms in total. The number of carbonyl (C=O) groups excluding carboxylic acids is 2. The topological polar surface area (TPSA) is 98.7 Å². The third-order valence-electron chi connectivity index (χ3n) is 3.98. The predicted octanol–water partition coefficient (Wildman–Crippen LogP) is 0.112. The molecule has 0 bridgehead atoms. The number of aliphatic hydroxyl groups excluding tert-OH is 2. The lowest BCUT2D eigenvalue weighted by atomic mass is 9.91. The lowest BCUT2D eigenvalue weighted by molar-refractivity contribution is -0.136. The molecule has 3 unspecified atom stereocenters. The van der Waals surface area contributed by atoms with Crippen molar-refractivity contribution < 1.29 is 19.8 Å². The van der Waals surface area contributed by atoms with Crippen LogP contribution in [0.5, 0.6) is 0 Å². The number of piperidine rings is 1. The molecule has 120 valence electrons. The highest BCUT2D eigenvalue weighted by Gasteiger charge is 2.30. The minimum atomic E-state index is -0.805. The number of imide groups is 1. The molecular formula is C16H22N2O4. The molecule has 0 saturated carbocycles. The van der Waals surface area contributed by atoms with E-state index in [4.69, 9.17) is 0 Å². The van der Waals surface area contributed by atoms with E-state index in [1.54, 1.807) is 0 Å². The Bertz CT molecular complexity index is 504. The van der Waals surface area contributed by atoms with Crippen molar-refractivity contribution >= 4 is 11.8 Å². The monoisotopic (exact) mass is 306 g/mol. The van der Waals surface area contributed by atoms with Crippen LogP contribution < -0.4 is 10.6 Å². The molecule has 1 heterocycles. The predicted molar refractivity (Wildman–Crippen MR) is 80.7 cm³/mol. The van der Waals surface area contributed by atoms with Gasteiger partial charge in [-0.15, -0.1) is 0 Å². The van der Waals surface area contributed by atoms with E-state index in [1.807, 2.05) is 37.3 Å². The second-order valence-corrected chi connectivity index (χ2v) is 5.76. The highest BCUT2D eigenvalue weighted by Crippen LogP contribution is 2.19. The first-order chi connectivity index (χ1) is 10.5. The Morgan fingerprint density at radius 2 is 1.77 bits per heavy atom. The molecule has 22 heavy (non-hydrogen) atoms. The van der Waals surface area contributed by atoms with E-state index in [0.717, 1.165) is 5.56 Å². The Labute approximate surface area is 129 Å². The van der Waals surface area contributed by atoms with Crippen LogP contribution in [0, 0.1) is 5.92 Å². The van der Waals surface area contributed by atoms with Crippen LogP contribution in [0.1, 0.15) is 31.4 Å². The number of aliphatic hydroxyl groups is 2. The summed E-state index contributed by atoms with van der Waals surface area (Å²) in [6.45, 7) is 2.04. The van der Waals surface area contributed by atoms with Crippen molar-refractivity contribution in [3.8, 4) is 0 Å². The van der Waals surface area contributed by atoms with Gasteiger partial charge in [-0.3, -0.25) is 14.9 Å². The molecule has 1 aromatic carbocycles. The lowest BCUT2D eigenvalue weighted by Gasteiger charge is -2.28. The van der Waals surface area contributed by atoms with Gasteiger partial charge in [0, 0.05) is 31.3 Å². The van der Waals surface area contributed by atoms with Gasteiger partial charge in [-0.2, -0.15) is 0 Å². The number of benzene rings is 1. The number of carbonyl (C=O) groups is 2. The van der Waals surface area contributed by atoms with Crippen LogP contribution >= 0.6 is 0 Å². The zero-order valence-corrected chi connectivity index (χ0v) is 12.5. The van der Waals surface area contributed by atoms with Gasteiger partial charge in [-0.25, -0.2) is 0 Å². The Morgan fingerprint density at radius 3 is 2.36 bits per heavy atom. The molecule has 1 aliphatic rings. The summed E-state index contributed by atoms with van der Waals surface area (Å²) in [5.74, 6) is -1.08. The van der Waals surface area contributed by atoms with Crippen molar-refractivity contribution in [2.75, 3.05) is 6.54 Å². The number of nitrogens with one attached hydrogen (secondary N) is 2. The molecule has 1 aliphatic heterocycles. The van der Waals surface area contributed by atoms with E-state index in [0.29, 0.717) is 0 Å². The Kier molecular flexibility index (Phi) is 5.65. The molecule has 1 fully saturated rings.